The molecular weight excluding hydrogens is 718 g/mol. The summed E-state index contributed by atoms with van der Waals surface area (Å²) in [4.78, 5) is 36.2. The number of rotatable bonds is 9. The summed E-state index contributed by atoms with van der Waals surface area (Å²) in [5, 5.41) is 6.50. The molecule has 2 amide bonds. The second-order valence-electron chi connectivity index (χ2n) is 14.0. The maximum absolute atomic E-state index is 16.3. The molecule has 0 saturated heterocycles. The van der Waals surface area contributed by atoms with Crippen LogP contribution in [-0.2, 0) is 27.3 Å². The van der Waals surface area contributed by atoms with Gasteiger partial charge in [-0.2, -0.15) is 5.10 Å². The van der Waals surface area contributed by atoms with Crippen molar-refractivity contribution in [3.05, 3.63) is 88.7 Å². The van der Waals surface area contributed by atoms with E-state index in [1.807, 2.05) is 54.7 Å². The summed E-state index contributed by atoms with van der Waals surface area (Å²) < 4.78 is 60.5. The monoisotopic (exact) mass is 758 g/mol. The fraction of sp³-hybridized carbons (Fsp3) is 0.350. The SMILES string of the molecule is C=CC(=O)N1C[C@H](C)n2nc(-c3nc(-c4ccc5c(c4)CN(C)[C@H](C(=O)N(C)C)C5)c4c(F)csc4c3-c3c(F)cc(F)cc3OCCOC)cc2[C@H]1C. The maximum Gasteiger partial charge on any atom is 0.246 e. The lowest BCUT2D eigenvalue weighted by atomic mass is 9.90. The van der Waals surface area contributed by atoms with E-state index < -0.39 is 17.5 Å². The molecule has 54 heavy (non-hydrogen) atoms. The molecule has 282 valence electrons. The number of carbonyl (C=O) groups is 2. The first-order valence-corrected chi connectivity index (χ1v) is 18.5. The van der Waals surface area contributed by atoms with Crippen LogP contribution in [0.25, 0.3) is 43.9 Å². The van der Waals surface area contributed by atoms with Gasteiger partial charge in [-0.3, -0.25) is 19.2 Å². The van der Waals surface area contributed by atoms with Gasteiger partial charge < -0.3 is 19.3 Å². The van der Waals surface area contributed by atoms with E-state index in [9.17, 15) is 14.0 Å². The van der Waals surface area contributed by atoms with Gasteiger partial charge in [-0.15, -0.1) is 11.3 Å². The molecule has 3 aromatic heterocycles. The van der Waals surface area contributed by atoms with Crippen LogP contribution in [0.2, 0.25) is 0 Å². The minimum atomic E-state index is -0.916. The summed E-state index contributed by atoms with van der Waals surface area (Å²) in [6.07, 6.45) is 1.79. The van der Waals surface area contributed by atoms with Gasteiger partial charge in [0.2, 0.25) is 11.8 Å². The number of nitrogens with zero attached hydrogens (tertiary/aromatic N) is 6. The molecule has 5 aromatic rings. The van der Waals surface area contributed by atoms with E-state index in [0.717, 1.165) is 40.3 Å². The van der Waals surface area contributed by atoms with E-state index in [1.54, 1.807) is 23.9 Å². The van der Waals surface area contributed by atoms with Gasteiger partial charge in [-0.25, -0.2) is 18.2 Å². The van der Waals surface area contributed by atoms with Gasteiger partial charge in [0.1, 0.15) is 41.2 Å². The Labute approximate surface area is 315 Å². The van der Waals surface area contributed by atoms with Crippen molar-refractivity contribution in [1.29, 1.82) is 0 Å². The number of carbonyl (C=O) groups excluding carboxylic acids is 2. The predicted molar refractivity (Wildman–Crippen MR) is 202 cm³/mol. The third-order valence-electron chi connectivity index (χ3n) is 10.3. The molecule has 3 atom stereocenters. The van der Waals surface area contributed by atoms with Gasteiger partial charge in [0.15, 0.2) is 0 Å². The normalized spacial score (nSPS) is 18.4. The smallest absolute Gasteiger partial charge is 0.246 e. The third kappa shape index (κ3) is 6.45. The fourth-order valence-electron chi connectivity index (χ4n) is 7.54. The van der Waals surface area contributed by atoms with E-state index >= 15 is 8.78 Å². The molecule has 0 fully saturated rings. The van der Waals surface area contributed by atoms with Crippen LogP contribution < -0.4 is 4.74 Å². The number of hydrogen-bond donors (Lipinski definition) is 0. The summed E-state index contributed by atoms with van der Waals surface area (Å²) in [7, 11) is 6.87. The zero-order chi connectivity index (χ0) is 38.6. The number of thiophene rings is 1. The molecule has 0 unspecified atom stereocenters. The molecule has 0 spiro atoms. The van der Waals surface area contributed by atoms with E-state index in [1.165, 1.54) is 18.6 Å². The van der Waals surface area contributed by atoms with E-state index in [4.69, 9.17) is 19.6 Å². The van der Waals surface area contributed by atoms with Crippen LogP contribution in [-0.4, -0.2) is 95.3 Å². The van der Waals surface area contributed by atoms with Gasteiger partial charge in [-0.1, -0.05) is 18.7 Å². The first-order chi connectivity index (χ1) is 25.8. The number of hydrogen-bond acceptors (Lipinski definition) is 8. The van der Waals surface area contributed by atoms with Gasteiger partial charge >= 0.3 is 0 Å². The molecule has 0 N–H and O–H groups in total. The molecule has 0 radical (unpaired) electrons. The highest BCUT2D eigenvalue weighted by Crippen LogP contribution is 2.49. The summed E-state index contributed by atoms with van der Waals surface area (Å²) in [6.45, 7) is 8.53. The number of fused-ring (bicyclic) bond motifs is 3. The van der Waals surface area contributed by atoms with Crippen LogP contribution in [0.3, 0.4) is 0 Å². The zero-order valence-corrected chi connectivity index (χ0v) is 31.8. The Kier molecular flexibility index (Phi) is 10.1. The molecule has 5 heterocycles. The molecule has 0 aliphatic carbocycles. The minimum Gasteiger partial charge on any atom is -0.490 e. The van der Waals surface area contributed by atoms with E-state index in [-0.39, 0.29) is 71.1 Å². The lowest BCUT2D eigenvalue weighted by Gasteiger charge is -2.36. The van der Waals surface area contributed by atoms with Crippen molar-refractivity contribution in [3.8, 4) is 39.5 Å². The highest BCUT2D eigenvalue weighted by atomic mass is 32.1. The Morgan fingerprint density at radius 2 is 1.81 bits per heavy atom. The molecule has 7 rings (SSSR count). The summed E-state index contributed by atoms with van der Waals surface area (Å²) in [5.41, 5.74) is 4.34. The summed E-state index contributed by atoms with van der Waals surface area (Å²) in [5.74, 6) is -2.61. The fourth-order valence-corrected chi connectivity index (χ4v) is 8.51. The topological polar surface area (TPSA) is 93.0 Å². The number of halogens is 3. The van der Waals surface area contributed by atoms with Crippen LogP contribution in [0.5, 0.6) is 5.75 Å². The van der Waals surface area contributed by atoms with Gasteiger partial charge in [0.25, 0.3) is 0 Å². The summed E-state index contributed by atoms with van der Waals surface area (Å²) in [6, 6.07) is 8.52. The van der Waals surface area contributed by atoms with Crippen molar-refractivity contribution < 1.29 is 32.2 Å². The lowest BCUT2D eigenvalue weighted by Crippen LogP contribution is -2.48. The third-order valence-corrected chi connectivity index (χ3v) is 11.3. The average Bonchev–Trinajstić information content (AvgIpc) is 3.77. The second kappa shape index (κ2) is 14.6. The number of aromatic nitrogens is 3. The van der Waals surface area contributed by atoms with Crippen LogP contribution in [0.1, 0.15) is 42.8 Å². The highest BCUT2D eigenvalue weighted by Gasteiger charge is 2.35. The number of likely N-dealkylation sites (N-methyl/N-ethyl adjacent to an activating group) is 2. The highest BCUT2D eigenvalue weighted by molar-refractivity contribution is 7.18. The molecule has 2 aliphatic rings. The molecule has 2 aliphatic heterocycles. The van der Waals surface area contributed by atoms with Crippen molar-refractivity contribution >= 4 is 33.2 Å². The van der Waals surface area contributed by atoms with Crippen LogP contribution in [0, 0.1) is 17.5 Å². The first-order valence-electron chi connectivity index (χ1n) is 17.6. The van der Waals surface area contributed by atoms with Crippen molar-refractivity contribution in [2.24, 2.45) is 0 Å². The van der Waals surface area contributed by atoms with Crippen molar-refractivity contribution in [2.75, 3.05) is 48.0 Å². The lowest BCUT2D eigenvalue weighted by molar-refractivity contribution is -0.134. The van der Waals surface area contributed by atoms with Crippen molar-refractivity contribution in [1.82, 2.24) is 29.5 Å². The molecule has 10 nitrogen and oxygen atoms in total. The number of methoxy groups -OCH3 is 1. The molecular formula is C40H41F3N6O4S. The van der Waals surface area contributed by atoms with Gasteiger partial charge in [0, 0.05) is 67.6 Å². The van der Waals surface area contributed by atoms with Crippen molar-refractivity contribution in [3.63, 3.8) is 0 Å². The minimum absolute atomic E-state index is 0.000718. The Hall–Kier alpha value is -5.05. The number of amides is 2. The second-order valence-corrected chi connectivity index (χ2v) is 14.9. The molecule has 0 bridgehead atoms. The Balaban J connectivity index is 1.48. The van der Waals surface area contributed by atoms with Crippen molar-refractivity contribution in [2.45, 2.75) is 44.9 Å². The Morgan fingerprint density at radius 3 is 2.54 bits per heavy atom. The summed E-state index contributed by atoms with van der Waals surface area (Å²) >= 11 is 1.08. The average molecular weight is 759 g/mol. The van der Waals surface area contributed by atoms with Crippen LogP contribution in [0.15, 0.2) is 54.4 Å². The number of ether oxygens (including phenoxy) is 2. The molecule has 2 aromatic carbocycles. The zero-order valence-electron chi connectivity index (χ0n) is 31.0. The molecule has 14 heteroatoms. The Bertz CT molecular complexity index is 2300. The first kappa shape index (κ1) is 37.3. The van der Waals surface area contributed by atoms with E-state index in [0.29, 0.717) is 41.2 Å². The van der Waals surface area contributed by atoms with Crippen LogP contribution >= 0.6 is 11.3 Å². The van der Waals surface area contributed by atoms with Gasteiger partial charge in [-0.05, 0) is 56.7 Å². The van der Waals surface area contributed by atoms with E-state index in [2.05, 4.69) is 6.58 Å². The standard InChI is InChI=1S/C40H41F3N6O4S/c1-8-33(50)48-18-21(2)49-30(22(48)3)17-29(45-49)38-36(34-27(42)15-26(41)16-32(34)53-12-11-52-7)39-35(28(43)20-54-39)37(44-38)24-10-9-23-14-31(40(51)46(4)5)47(6)19-25(23)13-24/h8-10,13,15-17,20-22,31H,1,11-12,14,18-19H2,2-7H3/t21-,22+,31-/m0/s1. The molecule has 0 saturated carbocycles. The predicted octanol–water partition coefficient (Wildman–Crippen LogP) is 7.03. The maximum atomic E-state index is 16.3. The Morgan fingerprint density at radius 1 is 1.04 bits per heavy atom. The number of pyridine rings is 1. The number of benzene rings is 2. The quantitative estimate of drug-likeness (QED) is 0.118. The van der Waals surface area contributed by atoms with Crippen LogP contribution in [0.4, 0.5) is 13.2 Å². The largest absolute Gasteiger partial charge is 0.490 e. The van der Waals surface area contributed by atoms with Gasteiger partial charge in [0.05, 0.1) is 47.1 Å².